The van der Waals surface area contributed by atoms with Gasteiger partial charge in [-0.3, -0.25) is 0 Å². The Labute approximate surface area is 128 Å². The van der Waals surface area contributed by atoms with Gasteiger partial charge in [-0.05, 0) is 51.4 Å². The molecule has 1 saturated carbocycles. The molecule has 1 amide bonds. The van der Waals surface area contributed by atoms with Gasteiger partial charge in [0.2, 0.25) is 0 Å². The molecule has 1 unspecified atom stereocenters. The van der Waals surface area contributed by atoms with E-state index in [1.807, 2.05) is 0 Å². The number of rotatable bonds is 5. The summed E-state index contributed by atoms with van der Waals surface area (Å²) in [4.78, 5) is 12.0. The summed E-state index contributed by atoms with van der Waals surface area (Å²) >= 11 is 0. The van der Waals surface area contributed by atoms with Gasteiger partial charge in [-0.15, -0.1) is 0 Å². The maximum absolute atomic E-state index is 12.0. The molecule has 0 aromatic heterocycles. The van der Waals surface area contributed by atoms with Crippen LogP contribution in [-0.2, 0) is 4.74 Å². The topological polar surface area (TPSA) is 38.3 Å². The highest BCUT2D eigenvalue weighted by atomic mass is 16.6. The number of ether oxygens (including phenoxy) is 1. The molecule has 0 radical (unpaired) electrons. The van der Waals surface area contributed by atoms with Crippen molar-refractivity contribution >= 4 is 6.09 Å². The van der Waals surface area contributed by atoms with Gasteiger partial charge >= 0.3 is 6.09 Å². The number of alkyl carbamates (subject to hydrolysis) is 1. The predicted molar refractivity (Wildman–Crippen MR) is 86.1 cm³/mol. The third-order valence-corrected chi connectivity index (χ3v) is 4.80. The van der Waals surface area contributed by atoms with Crippen molar-refractivity contribution in [2.24, 2.45) is 11.8 Å². The zero-order valence-electron chi connectivity index (χ0n) is 13.4. The summed E-state index contributed by atoms with van der Waals surface area (Å²) in [5.41, 5.74) is -0.349. The van der Waals surface area contributed by atoms with Crippen LogP contribution in [0.25, 0.3) is 0 Å². The summed E-state index contributed by atoms with van der Waals surface area (Å²) in [6, 6.07) is 0. The van der Waals surface area contributed by atoms with Gasteiger partial charge in [-0.25, -0.2) is 4.79 Å². The van der Waals surface area contributed by atoms with Crippen LogP contribution in [0.2, 0.25) is 0 Å². The molecule has 1 fully saturated rings. The molecule has 3 nitrogen and oxygen atoms in total. The van der Waals surface area contributed by atoms with Gasteiger partial charge in [-0.2, -0.15) is 0 Å². The van der Waals surface area contributed by atoms with Crippen LogP contribution in [0.4, 0.5) is 4.79 Å². The minimum atomic E-state index is -0.349. The van der Waals surface area contributed by atoms with E-state index in [0.717, 1.165) is 12.8 Å². The summed E-state index contributed by atoms with van der Waals surface area (Å²) < 4.78 is 5.68. The van der Waals surface area contributed by atoms with Crippen molar-refractivity contribution in [3.63, 3.8) is 0 Å². The van der Waals surface area contributed by atoms with Crippen molar-refractivity contribution in [3.8, 4) is 0 Å². The number of hydrogen-bond acceptors (Lipinski definition) is 2. The van der Waals surface area contributed by atoms with E-state index >= 15 is 0 Å². The molecule has 0 aromatic rings. The van der Waals surface area contributed by atoms with E-state index in [-0.39, 0.29) is 11.7 Å². The Morgan fingerprint density at radius 1 is 1.24 bits per heavy atom. The summed E-state index contributed by atoms with van der Waals surface area (Å²) in [5, 5.41) is 2.91. The molecule has 2 aliphatic rings. The first-order chi connectivity index (χ1) is 10.1. The second-order valence-corrected chi connectivity index (χ2v) is 6.85. The van der Waals surface area contributed by atoms with Gasteiger partial charge in [0.1, 0.15) is 5.60 Å². The van der Waals surface area contributed by atoms with E-state index in [9.17, 15) is 4.79 Å². The predicted octanol–water partition coefficient (Wildman–Crippen LogP) is 4.59. The van der Waals surface area contributed by atoms with Crippen molar-refractivity contribution in [1.82, 2.24) is 5.32 Å². The molecule has 118 valence electrons. The second kappa shape index (κ2) is 7.67. The first kappa shape index (κ1) is 16.1. The van der Waals surface area contributed by atoms with Gasteiger partial charge in [0.05, 0.1) is 0 Å². The van der Waals surface area contributed by atoms with Gasteiger partial charge in [-0.1, -0.05) is 43.6 Å². The molecule has 21 heavy (non-hydrogen) atoms. The van der Waals surface area contributed by atoms with Crippen molar-refractivity contribution in [3.05, 3.63) is 24.3 Å². The summed E-state index contributed by atoms with van der Waals surface area (Å²) in [6.45, 7) is 4.79. The molecule has 0 bridgehead atoms. The average Bonchev–Trinajstić information content (AvgIpc) is 2.49. The number of hydrogen-bond donors (Lipinski definition) is 1. The van der Waals surface area contributed by atoms with E-state index in [2.05, 4.69) is 43.5 Å². The molecular formula is C18H29NO2. The van der Waals surface area contributed by atoms with Crippen LogP contribution < -0.4 is 5.32 Å². The van der Waals surface area contributed by atoms with Crippen LogP contribution in [0, 0.1) is 11.8 Å². The Balaban J connectivity index is 1.68. The average molecular weight is 291 g/mol. The highest BCUT2D eigenvalue weighted by Gasteiger charge is 2.34. The molecule has 3 heteroatoms. The fourth-order valence-electron chi connectivity index (χ4n) is 3.36. The SMILES string of the molecule is CC(C)(OC(=O)NCCC1C=CC=CC1)C1CCCCC1. The van der Waals surface area contributed by atoms with E-state index in [1.54, 1.807) is 0 Å². The molecule has 1 N–H and O–H groups in total. The number of carbonyl (C=O) groups is 1. The van der Waals surface area contributed by atoms with E-state index < -0.39 is 0 Å². The quantitative estimate of drug-likeness (QED) is 0.804. The van der Waals surface area contributed by atoms with Crippen LogP contribution in [0.1, 0.15) is 58.8 Å². The molecule has 2 rings (SSSR count). The fourth-order valence-corrected chi connectivity index (χ4v) is 3.36. The van der Waals surface area contributed by atoms with Crippen molar-refractivity contribution in [2.45, 2.75) is 64.4 Å². The van der Waals surface area contributed by atoms with Gasteiger partial charge in [0, 0.05) is 6.54 Å². The van der Waals surface area contributed by atoms with Gasteiger partial charge < -0.3 is 10.1 Å². The molecule has 0 heterocycles. The van der Waals surface area contributed by atoms with Crippen LogP contribution in [-0.4, -0.2) is 18.2 Å². The lowest BCUT2D eigenvalue weighted by Crippen LogP contribution is -2.41. The van der Waals surface area contributed by atoms with Gasteiger partial charge in [0.25, 0.3) is 0 Å². The molecule has 0 aromatic carbocycles. The van der Waals surface area contributed by atoms with Crippen molar-refractivity contribution < 1.29 is 9.53 Å². The number of nitrogens with one attached hydrogen (secondary N) is 1. The van der Waals surface area contributed by atoms with Crippen molar-refractivity contribution in [1.29, 1.82) is 0 Å². The fraction of sp³-hybridized carbons (Fsp3) is 0.722. The smallest absolute Gasteiger partial charge is 0.407 e. The Kier molecular flexibility index (Phi) is 5.89. The first-order valence-electron chi connectivity index (χ1n) is 8.38. The van der Waals surface area contributed by atoms with Crippen LogP contribution in [0.3, 0.4) is 0 Å². The minimum Gasteiger partial charge on any atom is -0.443 e. The lowest BCUT2D eigenvalue weighted by Gasteiger charge is -2.36. The summed E-state index contributed by atoms with van der Waals surface area (Å²) in [7, 11) is 0. The third-order valence-electron chi connectivity index (χ3n) is 4.80. The van der Waals surface area contributed by atoms with Crippen molar-refractivity contribution in [2.75, 3.05) is 6.54 Å². The molecule has 0 aliphatic heterocycles. The number of carbonyl (C=O) groups excluding carboxylic acids is 1. The Hall–Kier alpha value is -1.25. The zero-order chi connectivity index (χ0) is 15.1. The Morgan fingerprint density at radius 2 is 2.00 bits per heavy atom. The standard InChI is InChI=1S/C18H29NO2/c1-18(2,16-11-7-4-8-12-16)21-17(20)19-14-13-15-9-5-3-6-10-15/h3,5-6,9,15-16H,4,7-8,10-14H2,1-2H3,(H,19,20). The van der Waals surface area contributed by atoms with Crippen LogP contribution in [0.15, 0.2) is 24.3 Å². The molecule has 0 saturated heterocycles. The Morgan fingerprint density at radius 3 is 2.67 bits per heavy atom. The maximum Gasteiger partial charge on any atom is 0.407 e. The summed E-state index contributed by atoms with van der Waals surface area (Å²) in [5.74, 6) is 1.05. The van der Waals surface area contributed by atoms with Crippen LogP contribution in [0.5, 0.6) is 0 Å². The number of allylic oxidation sites excluding steroid dienone is 4. The van der Waals surface area contributed by atoms with E-state index in [4.69, 9.17) is 4.74 Å². The van der Waals surface area contributed by atoms with Crippen LogP contribution >= 0.6 is 0 Å². The monoisotopic (exact) mass is 291 g/mol. The maximum atomic E-state index is 12.0. The largest absolute Gasteiger partial charge is 0.443 e. The third kappa shape index (κ3) is 5.22. The normalized spacial score (nSPS) is 23.0. The lowest BCUT2D eigenvalue weighted by atomic mass is 9.79. The van der Waals surface area contributed by atoms with Gasteiger partial charge in [0.15, 0.2) is 0 Å². The lowest BCUT2D eigenvalue weighted by molar-refractivity contribution is -0.0184. The first-order valence-corrected chi connectivity index (χ1v) is 8.38. The highest BCUT2D eigenvalue weighted by molar-refractivity contribution is 5.67. The summed E-state index contributed by atoms with van der Waals surface area (Å²) in [6.07, 6.45) is 16.5. The number of amides is 1. The molecule has 1 atom stereocenters. The molecule has 2 aliphatic carbocycles. The zero-order valence-corrected chi connectivity index (χ0v) is 13.4. The van der Waals surface area contributed by atoms with E-state index in [1.165, 1.54) is 32.1 Å². The highest BCUT2D eigenvalue weighted by Crippen LogP contribution is 2.34. The molecule has 0 spiro atoms. The van der Waals surface area contributed by atoms with E-state index in [0.29, 0.717) is 18.4 Å². The second-order valence-electron chi connectivity index (χ2n) is 6.85. The minimum absolute atomic E-state index is 0.263. The Bertz CT molecular complexity index is 392. The molecular weight excluding hydrogens is 262 g/mol.